The topological polar surface area (TPSA) is 61.6 Å². The van der Waals surface area contributed by atoms with Crippen molar-refractivity contribution in [2.24, 2.45) is 0 Å². The lowest BCUT2D eigenvalue weighted by atomic mass is 10.0. The Bertz CT molecular complexity index is 479. The van der Waals surface area contributed by atoms with E-state index in [1.54, 1.807) is 6.07 Å². The van der Waals surface area contributed by atoms with Crippen LogP contribution >= 0.6 is 0 Å². The minimum Gasteiger partial charge on any atom is -0.398 e. The summed E-state index contributed by atoms with van der Waals surface area (Å²) in [5.41, 5.74) is 12.1. The highest BCUT2D eigenvalue weighted by molar-refractivity contribution is 5.96. The van der Waals surface area contributed by atoms with E-state index < -0.39 is 0 Å². The van der Waals surface area contributed by atoms with Crippen LogP contribution < -0.4 is 11.2 Å². The van der Waals surface area contributed by atoms with Gasteiger partial charge in [-0.3, -0.25) is 10.2 Å². The largest absolute Gasteiger partial charge is 0.398 e. The van der Waals surface area contributed by atoms with E-state index in [0.717, 1.165) is 37.3 Å². The standard InChI is InChI=1S/C14H22N4O/c1-10-8-11(2)13(15)9-12(10)14(19)16-18-6-4-17(3)5-7-18/h8-9H,4-7,15H2,1-3H3,(H,16,19). The lowest BCUT2D eigenvalue weighted by Gasteiger charge is -2.32. The number of rotatable bonds is 2. The molecule has 1 aliphatic rings. The van der Waals surface area contributed by atoms with Crippen molar-refractivity contribution in [3.05, 3.63) is 28.8 Å². The zero-order valence-corrected chi connectivity index (χ0v) is 11.9. The number of nitrogens with two attached hydrogens (primary N) is 1. The van der Waals surface area contributed by atoms with Crippen molar-refractivity contribution < 1.29 is 4.79 Å². The molecule has 1 aromatic carbocycles. The average Bonchev–Trinajstić information content (AvgIpc) is 2.36. The van der Waals surface area contributed by atoms with Gasteiger partial charge in [0.05, 0.1) is 0 Å². The molecule has 1 aromatic rings. The first-order valence-corrected chi connectivity index (χ1v) is 6.58. The molecule has 104 valence electrons. The second-order valence-corrected chi connectivity index (χ2v) is 5.25. The molecule has 1 aliphatic heterocycles. The van der Waals surface area contributed by atoms with Gasteiger partial charge in [0.2, 0.25) is 0 Å². The summed E-state index contributed by atoms with van der Waals surface area (Å²) in [5.74, 6) is -0.0752. The summed E-state index contributed by atoms with van der Waals surface area (Å²) in [4.78, 5) is 14.5. The van der Waals surface area contributed by atoms with Gasteiger partial charge in [-0.15, -0.1) is 0 Å². The van der Waals surface area contributed by atoms with Crippen LogP contribution in [-0.2, 0) is 0 Å². The molecule has 2 rings (SSSR count). The van der Waals surface area contributed by atoms with Crippen molar-refractivity contribution in [2.45, 2.75) is 13.8 Å². The Kier molecular flexibility index (Phi) is 4.07. The van der Waals surface area contributed by atoms with Crippen LogP contribution in [-0.4, -0.2) is 49.0 Å². The van der Waals surface area contributed by atoms with Gasteiger partial charge in [-0.1, -0.05) is 6.07 Å². The van der Waals surface area contributed by atoms with Crippen LogP contribution in [0, 0.1) is 13.8 Å². The summed E-state index contributed by atoms with van der Waals surface area (Å²) in [6, 6.07) is 3.71. The number of amides is 1. The van der Waals surface area contributed by atoms with Crippen LogP contribution in [0.1, 0.15) is 21.5 Å². The molecule has 0 bridgehead atoms. The van der Waals surface area contributed by atoms with Crippen LogP contribution in [0.15, 0.2) is 12.1 Å². The molecule has 0 aromatic heterocycles. The summed E-state index contributed by atoms with van der Waals surface area (Å²) in [7, 11) is 2.09. The molecule has 1 saturated heterocycles. The van der Waals surface area contributed by atoms with Crippen LogP contribution in [0.3, 0.4) is 0 Å². The zero-order valence-electron chi connectivity index (χ0n) is 11.9. The Hall–Kier alpha value is -1.59. The number of benzene rings is 1. The molecule has 0 spiro atoms. The summed E-state index contributed by atoms with van der Waals surface area (Å²) >= 11 is 0. The summed E-state index contributed by atoms with van der Waals surface area (Å²) in [5, 5.41) is 1.97. The SMILES string of the molecule is Cc1cc(C)c(C(=O)NN2CCN(C)CC2)cc1N. The number of carbonyl (C=O) groups excluding carboxylic acids is 1. The van der Waals surface area contributed by atoms with Gasteiger partial charge < -0.3 is 10.6 Å². The molecule has 0 saturated carbocycles. The number of likely N-dealkylation sites (N-methyl/N-ethyl adjacent to an activating group) is 1. The zero-order chi connectivity index (χ0) is 14.0. The van der Waals surface area contributed by atoms with Crippen molar-refractivity contribution in [2.75, 3.05) is 39.0 Å². The van der Waals surface area contributed by atoms with Gasteiger partial charge in [-0.05, 0) is 38.1 Å². The Morgan fingerprint density at radius 3 is 2.42 bits per heavy atom. The highest BCUT2D eigenvalue weighted by atomic mass is 16.2. The Morgan fingerprint density at radius 1 is 1.16 bits per heavy atom. The van der Waals surface area contributed by atoms with E-state index >= 15 is 0 Å². The van der Waals surface area contributed by atoms with Gasteiger partial charge in [-0.2, -0.15) is 0 Å². The summed E-state index contributed by atoms with van der Waals surface area (Å²) in [6.45, 7) is 7.52. The predicted molar refractivity (Wildman–Crippen MR) is 76.9 cm³/mol. The number of hydrogen-bond donors (Lipinski definition) is 2. The Balaban J connectivity index is 2.06. The van der Waals surface area contributed by atoms with Crippen molar-refractivity contribution in [1.29, 1.82) is 0 Å². The summed E-state index contributed by atoms with van der Waals surface area (Å²) in [6.07, 6.45) is 0. The molecule has 19 heavy (non-hydrogen) atoms. The fourth-order valence-electron chi connectivity index (χ4n) is 2.24. The molecule has 3 N–H and O–H groups in total. The van der Waals surface area contributed by atoms with E-state index in [2.05, 4.69) is 17.4 Å². The number of nitrogens with one attached hydrogen (secondary N) is 1. The van der Waals surface area contributed by atoms with E-state index in [4.69, 9.17) is 5.73 Å². The second kappa shape index (κ2) is 5.59. The van der Waals surface area contributed by atoms with Gasteiger partial charge in [0.25, 0.3) is 5.91 Å². The van der Waals surface area contributed by atoms with E-state index in [1.165, 1.54) is 0 Å². The third kappa shape index (κ3) is 3.24. The van der Waals surface area contributed by atoms with Crippen molar-refractivity contribution in [3.8, 4) is 0 Å². The maximum Gasteiger partial charge on any atom is 0.265 e. The molecule has 1 heterocycles. The normalized spacial score (nSPS) is 17.4. The third-order valence-electron chi connectivity index (χ3n) is 3.62. The van der Waals surface area contributed by atoms with Crippen molar-refractivity contribution >= 4 is 11.6 Å². The smallest absolute Gasteiger partial charge is 0.265 e. The second-order valence-electron chi connectivity index (χ2n) is 5.25. The first-order valence-electron chi connectivity index (χ1n) is 6.58. The van der Waals surface area contributed by atoms with Gasteiger partial charge >= 0.3 is 0 Å². The Morgan fingerprint density at radius 2 is 1.79 bits per heavy atom. The number of hydrazine groups is 1. The number of nitrogens with zero attached hydrogens (tertiary/aromatic N) is 2. The first-order chi connectivity index (χ1) is 8.97. The molecule has 1 fully saturated rings. The van der Waals surface area contributed by atoms with Gasteiger partial charge in [0, 0.05) is 37.4 Å². The molecule has 1 amide bonds. The van der Waals surface area contributed by atoms with Gasteiger partial charge in [0.15, 0.2) is 0 Å². The molecular weight excluding hydrogens is 240 g/mol. The van der Waals surface area contributed by atoms with Gasteiger partial charge in [0.1, 0.15) is 0 Å². The predicted octanol–water partition coefficient (Wildman–Crippen LogP) is 0.778. The monoisotopic (exact) mass is 262 g/mol. The van der Waals surface area contributed by atoms with Crippen LogP contribution in [0.4, 0.5) is 5.69 Å². The number of aryl methyl sites for hydroxylation is 2. The van der Waals surface area contributed by atoms with E-state index in [9.17, 15) is 4.79 Å². The molecule has 0 unspecified atom stereocenters. The molecule has 5 nitrogen and oxygen atoms in total. The van der Waals surface area contributed by atoms with E-state index in [1.807, 2.05) is 24.9 Å². The number of hydrogen-bond acceptors (Lipinski definition) is 4. The van der Waals surface area contributed by atoms with Crippen molar-refractivity contribution in [3.63, 3.8) is 0 Å². The van der Waals surface area contributed by atoms with Crippen LogP contribution in [0.5, 0.6) is 0 Å². The number of anilines is 1. The van der Waals surface area contributed by atoms with Crippen molar-refractivity contribution in [1.82, 2.24) is 15.3 Å². The minimum absolute atomic E-state index is 0.0752. The fraction of sp³-hybridized carbons (Fsp3) is 0.500. The third-order valence-corrected chi connectivity index (χ3v) is 3.62. The van der Waals surface area contributed by atoms with E-state index in [-0.39, 0.29) is 5.91 Å². The maximum absolute atomic E-state index is 12.3. The minimum atomic E-state index is -0.0752. The average molecular weight is 262 g/mol. The highest BCUT2D eigenvalue weighted by Gasteiger charge is 2.18. The number of piperazine rings is 1. The first kappa shape index (κ1) is 13.8. The summed E-state index contributed by atoms with van der Waals surface area (Å²) < 4.78 is 0. The molecule has 0 aliphatic carbocycles. The van der Waals surface area contributed by atoms with E-state index in [0.29, 0.717) is 11.3 Å². The number of carbonyl (C=O) groups is 1. The number of nitrogen functional groups attached to an aromatic ring is 1. The lowest BCUT2D eigenvalue weighted by Crippen LogP contribution is -2.52. The molecule has 5 heteroatoms. The Labute approximate surface area is 114 Å². The quantitative estimate of drug-likeness (QED) is 0.773. The lowest BCUT2D eigenvalue weighted by molar-refractivity contribution is 0.0662. The molecule has 0 radical (unpaired) electrons. The fourth-order valence-corrected chi connectivity index (χ4v) is 2.24. The molecular formula is C14H22N4O. The van der Waals surface area contributed by atoms with Crippen LogP contribution in [0.25, 0.3) is 0 Å². The molecule has 0 atom stereocenters. The highest BCUT2D eigenvalue weighted by Crippen LogP contribution is 2.17. The van der Waals surface area contributed by atoms with Crippen LogP contribution in [0.2, 0.25) is 0 Å². The van der Waals surface area contributed by atoms with Gasteiger partial charge in [-0.25, -0.2) is 5.01 Å². The maximum atomic E-state index is 12.3.